The van der Waals surface area contributed by atoms with Crippen LogP contribution in [0, 0.1) is 17.3 Å². The second kappa shape index (κ2) is 5.36. The SMILES string of the molecule is CCCc1cc2c(cc1O)CC[C@@H]1[C@@H]2CC[C@]2(C)C(=O)CC[C@@H]12. The fourth-order valence-corrected chi connectivity index (χ4v) is 5.90. The summed E-state index contributed by atoms with van der Waals surface area (Å²) in [6.45, 7) is 4.40. The lowest BCUT2D eigenvalue weighted by Gasteiger charge is -2.48. The molecule has 1 N–H and O–H groups in total. The van der Waals surface area contributed by atoms with E-state index in [1.165, 1.54) is 17.5 Å². The summed E-state index contributed by atoms with van der Waals surface area (Å²) in [5.74, 6) is 2.88. The highest BCUT2D eigenvalue weighted by atomic mass is 16.3. The summed E-state index contributed by atoms with van der Waals surface area (Å²) in [7, 11) is 0. The molecule has 23 heavy (non-hydrogen) atoms. The number of rotatable bonds is 2. The maximum atomic E-state index is 12.4. The van der Waals surface area contributed by atoms with Crippen LogP contribution in [-0.4, -0.2) is 10.9 Å². The number of aryl methyl sites for hydroxylation is 2. The molecule has 2 saturated carbocycles. The Morgan fingerprint density at radius 1 is 1.22 bits per heavy atom. The Morgan fingerprint density at radius 2 is 2.04 bits per heavy atom. The lowest BCUT2D eigenvalue weighted by atomic mass is 9.55. The third kappa shape index (κ3) is 2.17. The van der Waals surface area contributed by atoms with E-state index in [9.17, 15) is 9.90 Å². The van der Waals surface area contributed by atoms with Crippen LogP contribution in [-0.2, 0) is 17.6 Å². The zero-order chi connectivity index (χ0) is 16.2. The molecule has 2 nitrogen and oxygen atoms in total. The molecule has 3 aliphatic carbocycles. The quantitative estimate of drug-likeness (QED) is 0.854. The van der Waals surface area contributed by atoms with Crippen molar-refractivity contribution in [3.8, 4) is 5.75 Å². The number of carbonyl (C=O) groups is 1. The van der Waals surface area contributed by atoms with Gasteiger partial charge in [-0.1, -0.05) is 26.3 Å². The number of hydrogen-bond acceptors (Lipinski definition) is 2. The van der Waals surface area contributed by atoms with Gasteiger partial charge in [0, 0.05) is 11.8 Å². The van der Waals surface area contributed by atoms with Gasteiger partial charge in [-0.15, -0.1) is 0 Å². The molecule has 1 aromatic carbocycles. The summed E-state index contributed by atoms with van der Waals surface area (Å²) < 4.78 is 0. The van der Waals surface area contributed by atoms with Gasteiger partial charge >= 0.3 is 0 Å². The van der Waals surface area contributed by atoms with Crippen LogP contribution in [0.2, 0.25) is 0 Å². The minimum absolute atomic E-state index is 0.0398. The van der Waals surface area contributed by atoms with Crippen LogP contribution < -0.4 is 0 Å². The van der Waals surface area contributed by atoms with Gasteiger partial charge in [-0.3, -0.25) is 4.79 Å². The normalized spacial score (nSPS) is 35.6. The molecular formula is C21H28O2. The van der Waals surface area contributed by atoms with Crippen LogP contribution in [0.5, 0.6) is 5.75 Å². The zero-order valence-corrected chi connectivity index (χ0v) is 14.4. The van der Waals surface area contributed by atoms with Gasteiger partial charge in [-0.05, 0) is 79.0 Å². The molecule has 0 radical (unpaired) electrons. The molecule has 0 saturated heterocycles. The first kappa shape index (κ1) is 15.2. The van der Waals surface area contributed by atoms with Gasteiger partial charge in [-0.25, -0.2) is 0 Å². The molecule has 0 bridgehead atoms. The number of benzene rings is 1. The number of fused-ring (bicyclic) bond motifs is 5. The standard InChI is InChI=1S/C21H28O2/c1-3-4-14-11-17-13(12-19(14)22)5-6-16-15(17)9-10-21(2)18(16)7-8-20(21)23/h11-12,15-16,18,22H,3-10H2,1-2H3/t15-,16+,18-,21-/m0/s1. The number of hydrogen-bond donors (Lipinski definition) is 1. The van der Waals surface area contributed by atoms with Gasteiger partial charge in [-0.2, -0.15) is 0 Å². The molecule has 0 unspecified atom stereocenters. The summed E-state index contributed by atoms with van der Waals surface area (Å²) in [6, 6.07) is 4.33. The Morgan fingerprint density at radius 3 is 2.83 bits per heavy atom. The van der Waals surface area contributed by atoms with E-state index in [4.69, 9.17) is 0 Å². The van der Waals surface area contributed by atoms with Crippen molar-refractivity contribution in [3.05, 3.63) is 28.8 Å². The number of phenols is 1. The molecule has 0 heterocycles. The van der Waals surface area contributed by atoms with Gasteiger partial charge in [0.2, 0.25) is 0 Å². The van der Waals surface area contributed by atoms with Crippen LogP contribution in [0.15, 0.2) is 12.1 Å². The molecule has 4 rings (SSSR count). The van der Waals surface area contributed by atoms with Crippen molar-refractivity contribution in [2.24, 2.45) is 17.3 Å². The number of Topliss-reactive ketones (excluding diaryl/α,β-unsaturated/α-hetero) is 1. The van der Waals surface area contributed by atoms with Gasteiger partial charge in [0.15, 0.2) is 0 Å². The van der Waals surface area contributed by atoms with Gasteiger partial charge in [0.1, 0.15) is 11.5 Å². The summed E-state index contributed by atoms with van der Waals surface area (Å²) in [4.78, 5) is 12.4. The smallest absolute Gasteiger partial charge is 0.139 e. The molecular weight excluding hydrogens is 284 g/mol. The molecule has 3 aliphatic rings. The monoisotopic (exact) mass is 312 g/mol. The first-order valence-corrected chi connectivity index (χ1v) is 9.42. The highest BCUT2D eigenvalue weighted by Crippen LogP contribution is 2.59. The molecule has 0 amide bonds. The average molecular weight is 312 g/mol. The third-order valence-electron chi connectivity index (χ3n) is 7.15. The minimum atomic E-state index is -0.0398. The van der Waals surface area contributed by atoms with Crippen LogP contribution in [0.1, 0.15) is 75.0 Å². The lowest BCUT2D eigenvalue weighted by Crippen LogP contribution is -2.42. The second-order valence-electron chi connectivity index (χ2n) is 8.26. The maximum Gasteiger partial charge on any atom is 0.139 e. The molecule has 4 atom stereocenters. The molecule has 1 aromatic rings. The average Bonchev–Trinajstić information content (AvgIpc) is 2.84. The van der Waals surface area contributed by atoms with Crippen LogP contribution >= 0.6 is 0 Å². The van der Waals surface area contributed by atoms with E-state index < -0.39 is 0 Å². The topological polar surface area (TPSA) is 37.3 Å². The molecule has 124 valence electrons. The number of aromatic hydroxyl groups is 1. The maximum absolute atomic E-state index is 12.4. The summed E-state index contributed by atoms with van der Waals surface area (Å²) in [5, 5.41) is 10.3. The summed E-state index contributed by atoms with van der Waals surface area (Å²) >= 11 is 0. The number of phenolic OH excluding ortho intramolecular Hbond substituents is 1. The second-order valence-corrected chi connectivity index (χ2v) is 8.26. The molecule has 0 aromatic heterocycles. The van der Waals surface area contributed by atoms with E-state index in [0.717, 1.165) is 50.5 Å². The number of carbonyl (C=O) groups excluding carboxylic acids is 1. The number of ketones is 1. The van der Waals surface area contributed by atoms with Gasteiger partial charge < -0.3 is 5.11 Å². The lowest BCUT2D eigenvalue weighted by molar-refractivity contribution is -0.129. The Kier molecular flexibility index (Phi) is 3.55. The molecule has 0 spiro atoms. The van der Waals surface area contributed by atoms with Gasteiger partial charge in [0.25, 0.3) is 0 Å². The Balaban J connectivity index is 1.71. The fourth-order valence-electron chi connectivity index (χ4n) is 5.90. The van der Waals surface area contributed by atoms with E-state index in [2.05, 4.69) is 19.9 Å². The predicted molar refractivity (Wildman–Crippen MR) is 91.7 cm³/mol. The van der Waals surface area contributed by atoms with Crippen molar-refractivity contribution >= 4 is 5.78 Å². The van der Waals surface area contributed by atoms with Crippen molar-refractivity contribution < 1.29 is 9.90 Å². The summed E-state index contributed by atoms with van der Waals surface area (Å²) in [6.07, 6.45) is 8.38. The largest absolute Gasteiger partial charge is 0.508 e. The Bertz CT molecular complexity index is 647. The minimum Gasteiger partial charge on any atom is -0.508 e. The highest BCUT2D eigenvalue weighted by Gasteiger charge is 2.54. The Labute approximate surface area is 139 Å². The van der Waals surface area contributed by atoms with Gasteiger partial charge in [0.05, 0.1) is 0 Å². The first-order valence-electron chi connectivity index (χ1n) is 9.42. The third-order valence-corrected chi connectivity index (χ3v) is 7.15. The highest BCUT2D eigenvalue weighted by molar-refractivity contribution is 5.87. The molecule has 2 fully saturated rings. The van der Waals surface area contributed by atoms with E-state index in [0.29, 0.717) is 29.3 Å². The van der Waals surface area contributed by atoms with Crippen molar-refractivity contribution in [1.82, 2.24) is 0 Å². The summed E-state index contributed by atoms with van der Waals surface area (Å²) in [5.41, 5.74) is 3.92. The van der Waals surface area contributed by atoms with E-state index in [-0.39, 0.29) is 5.41 Å². The van der Waals surface area contributed by atoms with Crippen molar-refractivity contribution in [2.75, 3.05) is 0 Å². The van der Waals surface area contributed by atoms with E-state index in [1.807, 2.05) is 6.07 Å². The Hall–Kier alpha value is -1.31. The fraction of sp³-hybridized carbons (Fsp3) is 0.667. The van der Waals surface area contributed by atoms with Crippen molar-refractivity contribution in [3.63, 3.8) is 0 Å². The first-order chi connectivity index (χ1) is 11.0. The van der Waals surface area contributed by atoms with E-state index >= 15 is 0 Å². The van der Waals surface area contributed by atoms with Crippen LogP contribution in [0.4, 0.5) is 0 Å². The molecule has 2 heteroatoms. The van der Waals surface area contributed by atoms with Crippen LogP contribution in [0.25, 0.3) is 0 Å². The zero-order valence-electron chi connectivity index (χ0n) is 14.4. The van der Waals surface area contributed by atoms with Crippen molar-refractivity contribution in [2.45, 2.75) is 71.1 Å². The predicted octanol–water partition coefficient (Wildman–Crippen LogP) is 4.77. The molecule has 0 aliphatic heterocycles. The van der Waals surface area contributed by atoms with Crippen molar-refractivity contribution in [1.29, 1.82) is 0 Å². The van der Waals surface area contributed by atoms with E-state index in [1.54, 1.807) is 0 Å². The van der Waals surface area contributed by atoms with Crippen LogP contribution in [0.3, 0.4) is 0 Å².